The number of hydrogen-bond donors (Lipinski definition) is 2. The highest BCUT2D eigenvalue weighted by atomic mass is 16.5. The average Bonchev–Trinajstić information content (AvgIpc) is 2.29. The Bertz CT molecular complexity index is 473. The maximum atomic E-state index is 11.9. The minimum absolute atomic E-state index is 0.258. The highest BCUT2D eigenvalue weighted by molar-refractivity contribution is 5.95. The van der Waals surface area contributed by atoms with Gasteiger partial charge in [0.1, 0.15) is 5.75 Å². The van der Waals surface area contributed by atoms with Gasteiger partial charge in [-0.1, -0.05) is 5.92 Å². The first-order valence-electron chi connectivity index (χ1n) is 5.13. The number of nitrogens with one attached hydrogen (secondary N) is 1. The fourth-order valence-corrected chi connectivity index (χ4v) is 1.24. The van der Waals surface area contributed by atoms with Crippen LogP contribution >= 0.6 is 0 Å². The Morgan fingerprint density at radius 1 is 1.53 bits per heavy atom. The van der Waals surface area contributed by atoms with Crippen LogP contribution in [-0.4, -0.2) is 18.6 Å². The van der Waals surface area contributed by atoms with Crippen molar-refractivity contribution in [1.29, 1.82) is 0 Å². The molecule has 0 aliphatic rings. The van der Waals surface area contributed by atoms with Gasteiger partial charge in [-0.25, -0.2) is 0 Å². The van der Waals surface area contributed by atoms with Crippen LogP contribution in [0.3, 0.4) is 0 Å². The fraction of sp³-hybridized carbons (Fsp3) is 0.308. The highest BCUT2D eigenvalue weighted by Gasteiger charge is 2.18. The van der Waals surface area contributed by atoms with Gasteiger partial charge in [-0.3, -0.25) is 4.79 Å². The first kappa shape index (κ1) is 12.9. The summed E-state index contributed by atoms with van der Waals surface area (Å²) in [6, 6.07) is 4.83. The van der Waals surface area contributed by atoms with E-state index in [-0.39, 0.29) is 5.91 Å². The number of anilines is 1. The first-order chi connectivity index (χ1) is 7.89. The van der Waals surface area contributed by atoms with Gasteiger partial charge in [-0.15, -0.1) is 6.42 Å². The number of ether oxygens (including phenoxy) is 1. The predicted molar refractivity (Wildman–Crippen MR) is 67.8 cm³/mol. The minimum atomic E-state index is -0.689. The number of nitrogen functional groups attached to an aromatic ring is 1. The van der Waals surface area contributed by atoms with Crippen LogP contribution in [0.4, 0.5) is 5.69 Å². The third-order valence-electron chi connectivity index (χ3n) is 2.28. The summed E-state index contributed by atoms with van der Waals surface area (Å²) < 4.78 is 5.05. The molecule has 0 heterocycles. The van der Waals surface area contributed by atoms with Gasteiger partial charge < -0.3 is 15.8 Å². The van der Waals surface area contributed by atoms with Gasteiger partial charge in [0, 0.05) is 5.56 Å². The zero-order valence-electron chi connectivity index (χ0n) is 10.2. The third-order valence-corrected chi connectivity index (χ3v) is 2.28. The van der Waals surface area contributed by atoms with E-state index >= 15 is 0 Å². The topological polar surface area (TPSA) is 64.4 Å². The second-order valence-electron chi connectivity index (χ2n) is 4.18. The largest absolute Gasteiger partial charge is 0.495 e. The molecule has 3 N–H and O–H groups in total. The fourth-order valence-electron chi connectivity index (χ4n) is 1.24. The molecule has 4 nitrogen and oxygen atoms in total. The number of carbonyl (C=O) groups is 1. The Morgan fingerprint density at radius 3 is 2.71 bits per heavy atom. The van der Waals surface area contributed by atoms with E-state index in [0.29, 0.717) is 17.0 Å². The number of methoxy groups -OCH3 is 1. The van der Waals surface area contributed by atoms with Crippen molar-refractivity contribution in [3.8, 4) is 18.1 Å². The van der Waals surface area contributed by atoms with Crippen molar-refractivity contribution in [3.63, 3.8) is 0 Å². The smallest absolute Gasteiger partial charge is 0.252 e. The Balaban J connectivity index is 2.95. The highest BCUT2D eigenvalue weighted by Crippen LogP contribution is 2.22. The van der Waals surface area contributed by atoms with Crippen molar-refractivity contribution in [2.75, 3.05) is 12.8 Å². The monoisotopic (exact) mass is 232 g/mol. The molecule has 0 saturated carbocycles. The Hall–Kier alpha value is -2.15. The van der Waals surface area contributed by atoms with Crippen LogP contribution in [0, 0.1) is 12.3 Å². The number of hydrogen-bond acceptors (Lipinski definition) is 3. The molecule has 0 radical (unpaired) electrons. The first-order valence-corrected chi connectivity index (χ1v) is 5.13. The summed E-state index contributed by atoms with van der Waals surface area (Å²) in [4.78, 5) is 11.9. The molecule has 1 amide bonds. The van der Waals surface area contributed by atoms with Crippen molar-refractivity contribution in [2.24, 2.45) is 0 Å². The van der Waals surface area contributed by atoms with Crippen molar-refractivity contribution in [3.05, 3.63) is 23.8 Å². The van der Waals surface area contributed by atoms with Gasteiger partial charge in [-0.05, 0) is 32.0 Å². The molecular formula is C13H16N2O2. The molecule has 0 atom stereocenters. The lowest BCUT2D eigenvalue weighted by molar-refractivity contribution is 0.0929. The van der Waals surface area contributed by atoms with Gasteiger partial charge in [-0.2, -0.15) is 0 Å². The van der Waals surface area contributed by atoms with Crippen LogP contribution in [0.5, 0.6) is 5.75 Å². The normalized spacial score (nSPS) is 10.5. The molecule has 4 heteroatoms. The van der Waals surface area contributed by atoms with E-state index in [9.17, 15) is 4.79 Å². The van der Waals surface area contributed by atoms with Crippen molar-refractivity contribution >= 4 is 11.6 Å². The minimum Gasteiger partial charge on any atom is -0.495 e. The summed E-state index contributed by atoms with van der Waals surface area (Å²) in [5.41, 5.74) is 5.92. The molecule has 90 valence electrons. The number of nitrogens with two attached hydrogens (primary N) is 1. The predicted octanol–water partition coefficient (Wildman–Crippen LogP) is 1.42. The van der Waals surface area contributed by atoms with E-state index in [1.165, 1.54) is 7.11 Å². The third kappa shape index (κ3) is 3.15. The molecule has 0 aliphatic carbocycles. The molecule has 0 aromatic heterocycles. The van der Waals surface area contributed by atoms with Crippen LogP contribution in [0.2, 0.25) is 0 Å². The molecule has 0 aliphatic heterocycles. The number of carbonyl (C=O) groups excluding carboxylic acids is 1. The Labute approximate surface area is 101 Å². The van der Waals surface area contributed by atoms with E-state index in [1.807, 2.05) is 0 Å². The maximum Gasteiger partial charge on any atom is 0.252 e. The van der Waals surface area contributed by atoms with Crippen LogP contribution in [0.25, 0.3) is 0 Å². The summed E-state index contributed by atoms with van der Waals surface area (Å²) in [6.45, 7) is 3.50. The zero-order valence-corrected chi connectivity index (χ0v) is 10.2. The number of terminal acetylenes is 1. The van der Waals surface area contributed by atoms with E-state index in [0.717, 1.165) is 0 Å². The van der Waals surface area contributed by atoms with Crippen LogP contribution < -0.4 is 15.8 Å². The lowest BCUT2D eigenvalue weighted by Gasteiger charge is -2.19. The molecule has 0 fully saturated rings. The Kier molecular flexibility index (Phi) is 3.64. The molecule has 1 aromatic rings. The number of amides is 1. The van der Waals surface area contributed by atoms with Crippen LogP contribution in [0.15, 0.2) is 18.2 Å². The molecule has 0 bridgehead atoms. The molecule has 1 aromatic carbocycles. The van der Waals surface area contributed by atoms with Gasteiger partial charge >= 0.3 is 0 Å². The summed E-state index contributed by atoms with van der Waals surface area (Å²) >= 11 is 0. The summed E-state index contributed by atoms with van der Waals surface area (Å²) in [5.74, 6) is 2.70. The maximum absolute atomic E-state index is 11.9. The van der Waals surface area contributed by atoms with Gasteiger partial charge in [0.2, 0.25) is 0 Å². The van der Waals surface area contributed by atoms with Crippen molar-refractivity contribution in [2.45, 2.75) is 19.4 Å². The van der Waals surface area contributed by atoms with Crippen LogP contribution in [-0.2, 0) is 0 Å². The van der Waals surface area contributed by atoms with Gasteiger partial charge in [0.25, 0.3) is 5.91 Å². The molecule has 0 spiro atoms. The second kappa shape index (κ2) is 4.79. The van der Waals surface area contributed by atoms with Crippen molar-refractivity contribution in [1.82, 2.24) is 5.32 Å². The summed E-state index contributed by atoms with van der Waals surface area (Å²) in [5, 5.41) is 2.72. The number of rotatable bonds is 3. The number of benzene rings is 1. The van der Waals surface area contributed by atoms with E-state index in [1.54, 1.807) is 32.0 Å². The standard InChI is InChI=1S/C13H16N2O2/c1-5-13(2,3)15-12(16)9-6-7-10(14)11(8-9)17-4/h1,6-8H,14H2,2-4H3,(H,15,16). The Morgan fingerprint density at radius 2 is 2.18 bits per heavy atom. The molecule has 0 unspecified atom stereocenters. The SMILES string of the molecule is C#CC(C)(C)NC(=O)c1ccc(N)c(OC)c1. The van der Waals surface area contributed by atoms with E-state index in [4.69, 9.17) is 16.9 Å². The molecule has 17 heavy (non-hydrogen) atoms. The lowest BCUT2D eigenvalue weighted by atomic mass is 10.1. The average molecular weight is 232 g/mol. The van der Waals surface area contributed by atoms with Crippen LogP contribution in [0.1, 0.15) is 24.2 Å². The summed E-state index contributed by atoms with van der Waals surface area (Å²) in [6.07, 6.45) is 5.30. The molecule has 1 rings (SSSR count). The zero-order chi connectivity index (χ0) is 13.1. The lowest BCUT2D eigenvalue weighted by Crippen LogP contribution is -2.42. The van der Waals surface area contributed by atoms with Gasteiger partial charge in [0.05, 0.1) is 18.3 Å². The molecular weight excluding hydrogens is 216 g/mol. The quantitative estimate of drug-likeness (QED) is 0.612. The van der Waals surface area contributed by atoms with E-state index in [2.05, 4.69) is 11.2 Å². The van der Waals surface area contributed by atoms with Gasteiger partial charge in [0.15, 0.2) is 0 Å². The van der Waals surface area contributed by atoms with E-state index < -0.39 is 5.54 Å². The summed E-state index contributed by atoms with van der Waals surface area (Å²) in [7, 11) is 1.50. The molecule has 0 saturated heterocycles. The van der Waals surface area contributed by atoms with Crippen molar-refractivity contribution < 1.29 is 9.53 Å². The second-order valence-corrected chi connectivity index (χ2v) is 4.18.